The Morgan fingerprint density at radius 2 is 1.72 bits per heavy atom. The Morgan fingerprint density at radius 1 is 1.09 bits per heavy atom. The first kappa shape index (κ1) is 25.3. The zero-order valence-electron chi connectivity index (χ0n) is 18.8. The van der Waals surface area contributed by atoms with Gasteiger partial charge in [-0.05, 0) is 41.5 Å². The lowest BCUT2D eigenvalue weighted by atomic mass is 9.97. The molecule has 4 atom stereocenters. The van der Waals surface area contributed by atoms with Gasteiger partial charge in [-0.2, -0.15) is 5.01 Å². The number of ketones is 1. The molecule has 2 saturated heterocycles. The molecular weight excluding hydrogens is 432 g/mol. The summed E-state index contributed by atoms with van der Waals surface area (Å²) in [5, 5.41) is 0.404. The van der Waals surface area contributed by atoms with E-state index in [2.05, 4.69) is 0 Å². The molecule has 13 nitrogen and oxygen atoms in total. The number of fused-ring (bicyclic) bond motifs is 1. The average Bonchev–Trinajstić information content (AvgIpc) is 3.17. The molecule has 0 spiro atoms. The van der Waals surface area contributed by atoms with Crippen molar-refractivity contribution in [2.75, 3.05) is 19.8 Å². The summed E-state index contributed by atoms with van der Waals surface area (Å²) in [4.78, 5) is 61.7. The number of hydrogen-bond acceptors (Lipinski definition) is 11. The van der Waals surface area contributed by atoms with E-state index in [-0.39, 0.29) is 13.2 Å². The lowest BCUT2D eigenvalue weighted by molar-refractivity contribution is -0.192. The largest absolute Gasteiger partial charge is 0.459 e. The van der Waals surface area contributed by atoms with Crippen molar-refractivity contribution >= 4 is 29.9 Å². The van der Waals surface area contributed by atoms with E-state index in [9.17, 15) is 24.0 Å². The zero-order valence-corrected chi connectivity index (χ0v) is 18.8. The van der Waals surface area contributed by atoms with Gasteiger partial charge in [-0.1, -0.05) is 0 Å². The second kappa shape index (κ2) is 9.69. The predicted octanol–water partition coefficient (Wildman–Crippen LogP) is 0.442. The van der Waals surface area contributed by atoms with Gasteiger partial charge < -0.3 is 28.4 Å². The van der Waals surface area contributed by atoms with Crippen LogP contribution in [0.2, 0.25) is 0 Å². The van der Waals surface area contributed by atoms with Crippen molar-refractivity contribution in [1.29, 1.82) is 0 Å². The first-order chi connectivity index (χ1) is 14.9. The van der Waals surface area contributed by atoms with Crippen LogP contribution < -0.4 is 5.43 Å². The van der Waals surface area contributed by atoms with Gasteiger partial charge in [0.25, 0.3) is 0 Å². The second-order valence-electron chi connectivity index (χ2n) is 7.59. The normalized spacial score (nSPS) is 25.1. The van der Waals surface area contributed by atoms with Crippen LogP contribution in [0.25, 0.3) is 0 Å². The third-order valence-corrected chi connectivity index (χ3v) is 4.83. The molecule has 0 bridgehead atoms. The molecule has 2 rings (SSSR count). The van der Waals surface area contributed by atoms with Crippen molar-refractivity contribution in [1.82, 2.24) is 10.4 Å². The highest BCUT2D eigenvalue weighted by atomic mass is 16.8. The number of hydrogen-bond donors (Lipinski definition) is 1. The van der Waals surface area contributed by atoms with E-state index in [1.807, 2.05) is 5.43 Å². The minimum atomic E-state index is -2.31. The topological polar surface area (TPSA) is 156 Å². The Bertz CT molecular complexity index is 783. The summed E-state index contributed by atoms with van der Waals surface area (Å²) in [5.41, 5.74) is -0.278. The molecule has 0 aromatic heterocycles. The number of rotatable bonds is 7. The highest BCUT2D eigenvalue weighted by Gasteiger charge is 2.57. The van der Waals surface area contributed by atoms with Crippen LogP contribution in [0.1, 0.15) is 41.5 Å². The summed E-state index contributed by atoms with van der Waals surface area (Å²) in [6, 6.07) is 0. The third-order valence-electron chi connectivity index (χ3n) is 4.83. The van der Waals surface area contributed by atoms with Crippen molar-refractivity contribution in [2.45, 2.75) is 71.2 Å². The van der Waals surface area contributed by atoms with Gasteiger partial charge in [0.15, 0.2) is 23.8 Å². The summed E-state index contributed by atoms with van der Waals surface area (Å²) in [5.74, 6) is -3.74. The number of cyclic esters (lactones) is 1. The van der Waals surface area contributed by atoms with Gasteiger partial charge >= 0.3 is 24.1 Å². The first-order valence-corrected chi connectivity index (χ1v) is 10.0. The van der Waals surface area contributed by atoms with Gasteiger partial charge in [0.2, 0.25) is 5.54 Å². The number of nitrogens with one attached hydrogen (secondary N) is 1. The fourth-order valence-corrected chi connectivity index (χ4v) is 3.13. The van der Waals surface area contributed by atoms with Crippen molar-refractivity contribution in [2.24, 2.45) is 0 Å². The SMILES string of the molecule is CCOC(=O)NN(C(=O)OCC)[C@@](C)(C(C)=O)C(=O)OC[C@H]1OC(=O)[C@@H]2OC(C)(C)O[C@H]12. The molecule has 2 aliphatic rings. The van der Waals surface area contributed by atoms with E-state index < -0.39 is 66.2 Å². The van der Waals surface area contributed by atoms with Gasteiger partial charge in [0, 0.05) is 0 Å². The van der Waals surface area contributed by atoms with Gasteiger partial charge in [0.05, 0.1) is 13.2 Å². The van der Waals surface area contributed by atoms with Crippen LogP contribution >= 0.6 is 0 Å². The molecule has 32 heavy (non-hydrogen) atoms. The minimum Gasteiger partial charge on any atom is -0.459 e. The van der Waals surface area contributed by atoms with Crippen LogP contribution in [0.3, 0.4) is 0 Å². The maximum atomic E-state index is 13.0. The van der Waals surface area contributed by atoms with Gasteiger partial charge in [0.1, 0.15) is 12.7 Å². The Labute approximate surface area is 184 Å². The van der Waals surface area contributed by atoms with Crippen LogP contribution in [-0.2, 0) is 42.8 Å². The van der Waals surface area contributed by atoms with Gasteiger partial charge in [-0.15, -0.1) is 0 Å². The number of ether oxygens (including phenoxy) is 6. The van der Waals surface area contributed by atoms with Crippen LogP contribution in [0, 0.1) is 0 Å². The van der Waals surface area contributed by atoms with E-state index in [1.54, 1.807) is 13.8 Å². The molecule has 0 aromatic rings. The molecule has 2 fully saturated rings. The number of carbonyl (C=O) groups is 5. The van der Waals surface area contributed by atoms with Crippen LogP contribution in [0.15, 0.2) is 0 Å². The number of hydrazine groups is 1. The quantitative estimate of drug-likeness (QED) is 0.243. The van der Waals surface area contributed by atoms with E-state index in [4.69, 9.17) is 28.4 Å². The fourth-order valence-electron chi connectivity index (χ4n) is 3.13. The molecule has 2 heterocycles. The molecule has 0 saturated carbocycles. The molecule has 13 heteroatoms. The first-order valence-electron chi connectivity index (χ1n) is 10.0. The Balaban J connectivity index is 2.19. The Hall–Kier alpha value is -2.93. The lowest BCUT2D eigenvalue weighted by Crippen LogP contribution is -2.66. The monoisotopic (exact) mass is 460 g/mol. The van der Waals surface area contributed by atoms with E-state index in [0.717, 1.165) is 13.8 Å². The second-order valence-corrected chi connectivity index (χ2v) is 7.59. The predicted molar refractivity (Wildman–Crippen MR) is 103 cm³/mol. The Morgan fingerprint density at radius 3 is 2.28 bits per heavy atom. The summed E-state index contributed by atoms with van der Waals surface area (Å²) < 4.78 is 31.0. The van der Waals surface area contributed by atoms with Gasteiger partial charge in [-0.3, -0.25) is 4.79 Å². The molecule has 2 aliphatic heterocycles. The molecule has 0 radical (unpaired) electrons. The van der Waals surface area contributed by atoms with Crippen LogP contribution in [-0.4, -0.2) is 84.4 Å². The molecular formula is C19H28N2O11. The van der Waals surface area contributed by atoms with Crippen molar-refractivity contribution in [3.05, 3.63) is 0 Å². The van der Waals surface area contributed by atoms with E-state index >= 15 is 0 Å². The number of nitrogens with zero attached hydrogens (tertiary/aromatic N) is 1. The molecule has 0 aliphatic carbocycles. The third kappa shape index (κ3) is 5.10. The van der Waals surface area contributed by atoms with Crippen LogP contribution in [0.5, 0.6) is 0 Å². The van der Waals surface area contributed by atoms with Crippen molar-refractivity contribution in [3.8, 4) is 0 Å². The Kier molecular flexibility index (Phi) is 7.67. The zero-order chi connectivity index (χ0) is 24.3. The highest BCUT2D eigenvalue weighted by Crippen LogP contribution is 2.36. The summed E-state index contributed by atoms with van der Waals surface area (Å²) in [7, 11) is 0. The summed E-state index contributed by atoms with van der Waals surface area (Å²) in [6.45, 7) is 7.75. The molecule has 0 aromatic carbocycles. The molecule has 1 N–H and O–H groups in total. The molecule has 2 amide bonds. The van der Waals surface area contributed by atoms with Crippen molar-refractivity contribution in [3.63, 3.8) is 0 Å². The van der Waals surface area contributed by atoms with Crippen molar-refractivity contribution < 1.29 is 52.4 Å². The number of carbonyl (C=O) groups excluding carboxylic acids is 5. The average molecular weight is 460 g/mol. The summed E-state index contributed by atoms with van der Waals surface area (Å²) in [6.07, 6.45) is -5.07. The maximum Gasteiger partial charge on any atom is 0.430 e. The molecule has 0 unspecified atom stereocenters. The minimum absolute atomic E-state index is 0.0300. The number of amides is 2. The summed E-state index contributed by atoms with van der Waals surface area (Å²) >= 11 is 0. The fraction of sp³-hybridized carbons (Fsp3) is 0.737. The molecule has 180 valence electrons. The highest BCUT2D eigenvalue weighted by molar-refractivity contribution is 6.09. The maximum absolute atomic E-state index is 13.0. The number of esters is 2. The lowest BCUT2D eigenvalue weighted by Gasteiger charge is -2.35. The van der Waals surface area contributed by atoms with Gasteiger partial charge in [-0.25, -0.2) is 24.6 Å². The standard InChI is InChI=1S/C19H28N2O11/c1-7-27-16(25)20-21(17(26)28-8-2)19(6,10(3)22)15(24)29-9-11-12-13(14(23)30-11)32-18(4,5)31-12/h11-13H,7-9H2,1-6H3,(H,20,25)/t11-,12-,13-,19+/m1/s1. The van der Waals surface area contributed by atoms with E-state index in [0.29, 0.717) is 5.01 Å². The van der Waals surface area contributed by atoms with E-state index in [1.165, 1.54) is 13.8 Å². The number of Topliss-reactive ketones (excluding diaryl/α,β-unsaturated/α-hetero) is 1. The smallest absolute Gasteiger partial charge is 0.430 e. The van der Waals surface area contributed by atoms with Crippen LogP contribution in [0.4, 0.5) is 9.59 Å².